The highest BCUT2D eigenvalue weighted by Gasteiger charge is 2.17. The first kappa shape index (κ1) is 27.9. The molecule has 0 bridgehead atoms. The van der Waals surface area contributed by atoms with Crippen LogP contribution in [0.4, 0.5) is 0 Å². The van der Waals surface area contributed by atoms with E-state index in [1.54, 1.807) is 0 Å². The van der Waals surface area contributed by atoms with E-state index in [0.717, 1.165) is 67.0 Å². The molecule has 0 aliphatic carbocycles. The van der Waals surface area contributed by atoms with Crippen LogP contribution in [0.15, 0.2) is 174 Å². The molecular formula is C46H28N4O. The summed E-state index contributed by atoms with van der Waals surface area (Å²) in [5.41, 5.74) is 13.0. The smallest absolute Gasteiger partial charge is 0.153 e. The van der Waals surface area contributed by atoms with Gasteiger partial charge in [-0.25, -0.2) is 4.98 Å². The van der Waals surface area contributed by atoms with Crippen LogP contribution in [-0.2, 0) is 0 Å². The molecule has 238 valence electrons. The zero-order chi connectivity index (χ0) is 33.5. The number of furan rings is 1. The Balaban J connectivity index is 1.03. The molecule has 0 N–H and O–H groups in total. The summed E-state index contributed by atoms with van der Waals surface area (Å²) in [6, 6.07) is 57.6. The van der Waals surface area contributed by atoms with Gasteiger partial charge in [-0.2, -0.15) is 0 Å². The normalized spacial score (nSPS) is 11.9. The lowest BCUT2D eigenvalue weighted by molar-refractivity contribution is 0.668. The minimum Gasteiger partial charge on any atom is -0.454 e. The van der Waals surface area contributed by atoms with Crippen molar-refractivity contribution >= 4 is 65.7 Å². The van der Waals surface area contributed by atoms with Crippen molar-refractivity contribution in [1.29, 1.82) is 0 Å². The lowest BCUT2D eigenvalue weighted by Crippen LogP contribution is -1.93. The summed E-state index contributed by atoms with van der Waals surface area (Å²) in [5.74, 6) is 0. The third-order valence-electron chi connectivity index (χ3n) is 10.2. The fourth-order valence-corrected chi connectivity index (χ4v) is 7.83. The van der Waals surface area contributed by atoms with Gasteiger partial charge >= 0.3 is 0 Å². The highest BCUT2D eigenvalue weighted by molar-refractivity contribution is 6.12. The molecule has 6 aromatic carbocycles. The van der Waals surface area contributed by atoms with Gasteiger partial charge in [0.15, 0.2) is 5.58 Å². The van der Waals surface area contributed by atoms with E-state index in [-0.39, 0.29) is 0 Å². The van der Waals surface area contributed by atoms with Crippen molar-refractivity contribution in [2.75, 3.05) is 0 Å². The van der Waals surface area contributed by atoms with Crippen molar-refractivity contribution in [2.24, 2.45) is 0 Å². The van der Waals surface area contributed by atoms with Gasteiger partial charge in [0.1, 0.15) is 11.1 Å². The number of hydrogen-bond acceptors (Lipinski definition) is 3. The monoisotopic (exact) mass is 652 g/mol. The first-order valence-corrected chi connectivity index (χ1v) is 17.2. The summed E-state index contributed by atoms with van der Waals surface area (Å²) in [5, 5.41) is 5.78. The van der Waals surface area contributed by atoms with Crippen LogP contribution in [0.2, 0.25) is 0 Å². The van der Waals surface area contributed by atoms with E-state index in [0.29, 0.717) is 0 Å². The minimum absolute atomic E-state index is 0.742. The maximum atomic E-state index is 6.41. The molecule has 5 nitrogen and oxygen atoms in total. The van der Waals surface area contributed by atoms with Crippen LogP contribution < -0.4 is 0 Å². The molecule has 11 aromatic rings. The predicted octanol–water partition coefficient (Wildman–Crippen LogP) is 11.9. The van der Waals surface area contributed by atoms with Crippen molar-refractivity contribution < 1.29 is 4.42 Å². The molecule has 51 heavy (non-hydrogen) atoms. The number of fused-ring (bicyclic) bond motifs is 9. The molecule has 0 radical (unpaired) electrons. The molecule has 11 rings (SSSR count). The van der Waals surface area contributed by atoms with Gasteiger partial charge in [-0.05, 0) is 60.7 Å². The second-order valence-electron chi connectivity index (χ2n) is 13.1. The zero-order valence-electron chi connectivity index (χ0n) is 27.4. The number of aromatic nitrogens is 4. The lowest BCUT2D eigenvalue weighted by Gasteiger charge is -2.08. The molecule has 0 unspecified atom stereocenters. The number of benzene rings is 6. The third-order valence-corrected chi connectivity index (χ3v) is 10.2. The molecule has 0 saturated heterocycles. The van der Waals surface area contributed by atoms with Gasteiger partial charge in [-0.15, -0.1) is 0 Å². The number of rotatable bonds is 4. The zero-order valence-corrected chi connectivity index (χ0v) is 27.4. The summed E-state index contributed by atoms with van der Waals surface area (Å²) in [6.45, 7) is 0. The van der Waals surface area contributed by atoms with Crippen LogP contribution in [0.3, 0.4) is 0 Å². The van der Waals surface area contributed by atoms with Crippen LogP contribution in [0.1, 0.15) is 0 Å². The van der Waals surface area contributed by atoms with E-state index in [9.17, 15) is 0 Å². The standard InChI is InChI=1S/C46H28N4O/c1-3-11-31(12-4-1)49-40-17-9-7-15-33(40)35-21-19-29(25-42(35)49)38-23-24-44-46(48-38)37-28-47-39(27-45(37)51-44)30-20-22-36-34-16-8-10-18-41(34)50(43(36)26-30)32-13-5-2-6-14-32/h1-28H. The van der Waals surface area contributed by atoms with Gasteiger partial charge in [0.2, 0.25) is 0 Å². The Morgan fingerprint density at radius 2 is 0.922 bits per heavy atom. The highest BCUT2D eigenvalue weighted by atomic mass is 16.3. The van der Waals surface area contributed by atoms with Crippen LogP contribution in [0.5, 0.6) is 0 Å². The van der Waals surface area contributed by atoms with Crippen molar-refractivity contribution in [3.8, 4) is 33.9 Å². The van der Waals surface area contributed by atoms with E-state index in [4.69, 9.17) is 14.4 Å². The van der Waals surface area contributed by atoms with E-state index in [1.807, 2.05) is 24.4 Å². The van der Waals surface area contributed by atoms with Gasteiger partial charge in [-0.1, -0.05) is 97.1 Å². The molecule has 0 aliphatic rings. The average molecular weight is 653 g/mol. The van der Waals surface area contributed by atoms with Crippen LogP contribution >= 0.6 is 0 Å². The molecule has 5 heteroatoms. The third kappa shape index (κ3) is 4.22. The van der Waals surface area contributed by atoms with E-state index >= 15 is 0 Å². The van der Waals surface area contributed by atoms with E-state index in [1.165, 1.54) is 32.6 Å². The van der Waals surface area contributed by atoms with Gasteiger partial charge in [0, 0.05) is 56.3 Å². The molecule has 0 amide bonds. The number of hydrogen-bond donors (Lipinski definition) is 0. The molecule has 0 spiro atoms. The lowest BCUT2D eigenvalue weighted by atomic mass is 10.1. The van der Waals surface area contributed by atoms with Gasteiger partial charge < -0.3 is 13.6 Å². The van der Waals surface area contributed by atoms with Crippen LogP contribution in [-0.4, -0.2) is 19.1 Å². The molecule has 0 saturated carbocycles. The Kier molecular flexibility index (Phi) is 5.89. The molecule has 5 aromatic heterocycles. The molecule has 5 heterocycles. The Labute approximate surface area is 292 Å². The van der Waals surface area contributed by atoms with Crippen molar-refractivity contribution in [1.82, 2.24) is 19.1 Å². The Morgan fingerprint density at radius 1 is 0.392 bits per heavy atom. The van der Waals surface area contributed by atoms with E-state index in [2.05, 4.69) is 155 Å². The maximum Gasteiger partial charge on any atom is 0.153 e. The summed E-state index contributed by atoms with van der Waals surface area (Å²) >= 11 is 0. The molecule has 0 aliphatic heterocycles. The summed E-state index contributed by atoms with van der Waals surface area (Å²) in [7, 11) is 0. The van der Waals surface area contributed by atoms with Gasteiger partial charge in [-0.3, -0.25) is 4.98 Å². The summed E-state index contributed by atoms with van der Waals surface area (Å²) in [6.07, 6.45) is 1.90. The largest absolute Gasteiger partial charge is 0.454 e. The fourth-order valence-electron chi connectivity index (χ4n) is 7.83. The first-order chi connectivity index (χ1) is 25.3. The second kappa shape index (κ2) is 10.8. The fraction of sp³-hybridized carbons (Fsp3) is 0. The van der Waals surface area contributed by atoms with Crippen molar-refractivity contribution in [3.05, 3.63) is 170 Å². The number of nitrogens with zero attached hydrogens (tertiary/aromatic N) is 4. The van der Waals surface area contributed by atoms with E-state index < -0.39 is 0 Å². The Hall–Kier alpha value is -6.98. The SMILES string of the molecule is c1ccc(-n2c3ccccc3c3ccc(-c4cc5oc6ccc(-c7ccc8c9ccccc9n(-c9ccccc9)c8c7)nc6c5cn4)cc32)cc1. The highest BCUT2D eigenvalue weighted by Crippen LogP contribution is 2.38. The summed E-state index contributed by atoms with van der Waals surface area (Å²) in [4.78, 5) is 10.1. The first-order valence-electron chi connectivity index (χ1n) is 17.2. The molecule has 0 fully saturated rings. The summed E-state index contributed by atoms with van der Waals surface area (Å²) < 4.78 is 11.1. The molecular weight excluding hydrogens is 625 g/mol. The second-order valence-corrected chi connectivity index (χ2v) is 13.1. The van der Waals surface area contributed by atoms with Crippen LogP contribution in [0.25, 0.3) is 99.6 Å². The van der Waals surface area contributed by atoms with Crippen molar-refractivity contribution in [3.63, 3.8) is 0 Å². The Morgan fingerprint density at radius 3 is 1.53 bits per heavy atom. The van der Waals surface area contributed by atoms with Gasteiger partial charge in [0.25, 0.3) is 0 Å². The van der Waals surface area contributed by atoms with Gasteiger partial charge in [0.05, 0.1) is 38.8 Å². The maximum absolute atomic E-state index is 6.41. The Bertz CT molecular complexity index is 3130. The molecule has 0 atom stereocenters. The number of pyridine rings is 2. The predicted molar refractivity (Wildman–Crippen MR) is 209 cm³/mol. The quantitative estimate of drug-likeness (QED) is 0.190. The van der Waals surface area contributed by atoms with Crippen LogP contribution in [0, 0.1) is 0 Å². The minimum atomic E-state index is 0.742. The number of para-hydroxylation sites is 4. The topological polar surface area (TPSA) is 48.8 Å². The van der Waals surface area contributed by atoms with Crippen molar-refractivity contribution in [2.45, 2.75) is 0 Å². The average Bonchev–Trinajstić information content (AvgIpc) is 3.85.